The highest BCUT2D eigenvalue weighted by Crippen LogP contribution is 2.25. The van der Waals surface area contributed by atoms with Crippen LogP contribution in [-0.2, 0) is 9.53 Å². The van der Waals surface area contributed by atoms with E-state index in [1.54, 1.807) is 19.3 Å². The van der Waals surface area contributed by atoms with Crippen LogP contribution >= 0.6 is 11.6 Å². The summed E-state index contributed by atoms with van der Waals surface area (Å²) >= 11 is 6.06. The molecule has 1 amide bonds. The lowest BCUT2D eigenvalue weighted by Gasteiger charge is -2.12. The third-order valence-corrected chi connectivity index (χ3v) is 4.17. The molecule has 0 saturated heterocycles. The lowest BCUT2D eigenvalue weighted by molar-refractivity contribution is -0.117. The second-order valence-electron chi connectivity index (χ2n) is 5.51. The molecule has 0 radical (unpaired) electrons. The average Bonchev–Trinajstić information content (AvgIpc) is 3.05. The van der Waals surface area contributed by atoms with E-state index in [-0.39, 0.29) is 12.0 Å². The summed E-state index contributed by atoms with van der Waals surface area (Å²) in [4.78, 5) is 12.0. The van der Waals surface area contributed by atoms with Gasteiger partial charge in [0.2, 0.25) is 5.91 Å². The third kappa shape index (κ3) is 4.29. The standard InChI is InChI=1S/C20H18ClNO3/c1-24-19(18-12-15-7-3-5-9-17(15)25-18)13-22-20(23)11-10-14-6-2-4-8-16(14)21/h2-12,19H,13H2,1H3,(H,22,23)/b11-10+/t19-/m1/s1. The summed E-state index contributed by atoms with van der Waals surface area (Å²) in [7, 11) is 1.59. The largest absolute Gasteiger partial charge is 0.458 e. The normalized spacial score (nSPS) is 12.6. The Bertz CT molecular complexity index is 868. The van der Waals surface area contributed by atoms with Crippen molar-refractivity contribution in [2.24, 2.45) is 0 Å². The number of rotatable bonds is 6. The third-order valence-electron chi connectivity index (χ3n) is 3.83. The summed E-state index contributed by atoms with van der Waals surface area (Å²) < 4.78 is 11.2. The first-order valence-corrected chi connectivity index (χ1v) is 8.27. The fraction of sp³-hybridized carbons (Fsp3) is 0.150. The minimum atomic E-state index is -0.356. The average molecular weight is 356 g/mol. The van der Waals surface area contributed by atoms with E-state index in [0.29, 0.717) is 17.3 Å². The minimum Gasteiger partial charge on any atom is -0.458 e. The first-order chi connectivity index (χ1) is 12.2. The number of fused-ring (bicyclic) bond motifs is 1. The number of para-hydroxylation sites is 1. The van der Waals surface area contributed by atoms with Gasteiger partial charge in [0.05, 0.1) is 6.54 Å². The Hall–Kier alpha value is -2.56. The molecule has 25 heavy (non-hydrogen) atoms. The van der Waals surface area contributed by atoms with Crippen LogP contribution in [0.1, 0.15) is 17.4 Å². The second-order valence-corrected chi connectivity index (χ2v) is 5.92. The molecule has 3 aromatic rings. The number of carbonyl (C=O) groups is 1. The number of hydrogen-bond acceptors (Lipinski definition) is 3. The molecule has 0 aliphatic carbocycles. The molecular weight excluding hydrogens is 338 g/mol. The van der Waals surface area contributed by atoms with Gasteiger partial charge in [-0.2, -0.15) is 0 Å². The smallest absolute Gasteiger partial charge is 0.244 e. The summed E-state index contributed by atoms with van der Waals surface area (Å²) in [5.74, 6) is 0.456. The number of carbonyl (C=O) groups excluding carboxylic acids is 1. The number of halogens is 1. The number of methoxy groups -OCH3 is 1. The molecule has 0 fully saturated rings. The Morgan fingerprint density at radius 1 is 1.24 bits per heavy atom. The molecule has 5 heteroatoms. The molecule has 0 aliphatic rings. The predicted molar refractivity (Wildman–Crippen MR) is 99.5 cm³/mol. The van der Waals surface area contributed by atoms with Gasteiger partial charge in [-0.1, -0.05) is 48.0 Å². The van der Waals surface area contributed by atoms with Crippen molar-refractivity contribution in [1.82, 2.24) is 5.32 Å². The predicted octanol–water partition coefficient (Wildman–Crippen LogP) is 4.60. The van der Waals surface area contributed by atoms with Gasteiger partial charge >= 0.3 is 0 Å². The zero-order chi connectivity index (χ0) is 17.6. The molecule has 0 saturated carbocycles. The number of hydrogen-bond donors (Lipinski definition) is 1. The molecule has 1 atom stereocenters. The van der Waals surface area contributed by atoms with E-state index in [1.165, 1.54) is 6.08 Å². The van der Waals surface area contributed by atoms with Crippen LogP contribution in [0, 0.1) is 0 Å². The second kappa shape index (κ2) is 8.01. The lowest BCUT2D eigenvalue weighted by Crippen LogP contribution is -2.27. The summed E-state index contributed by atoms with van der Waals surface area (Å²) in [5, 5.41) is 4.42. The molecule has 0 spiro atoms. The molecule has 4 nitrogen and oxygen atoms in total. The summed E-state index contributed by atoms with van der Waals surface area (Å²) in [6.07, 6.45) is 2.78. The van der Waals surface area contributed by atoms with Crippen molar-refractivity contribution in [2.45, 2.75) is 6.10 Å². The van der Waals surface area contributed by atoms with Crippen LogP contribution in [0.2, 0.25) is 5.02 Å². The monoisotopic (exact) mass is 355 g/mol. The molecular formula is C20H18ClNO3. The Labute approximate surface area is 151 Å². The molecule has 128 valence electrons. The number of benzene rings is 2. The summed E-state index contributed by atoms with van der Waals surface area (Å²) in [6, 6.07) is 17.0. The van der Waals surface area contributed by atoms with Crippen LogP contribution in [-0.4, -0.2) is 19.6 Å². The van der Waals surface area contributed by atoms with E-state index in [2.05, 4.69) is 5.32 Å². The van der Waals surface area contributed by atoms with Crippen LogP contribution in [0.25, 0.3) is 17.0 Å². The van der Waals surface area contributed by atoms with Crippen LogP contribution in [0.5, 0.6) is 0 Å². The van der Waals surface area contributed by atoms with Crippen molar-refractivity contribution in [1.29, 1.82) is 0 Å². The van der Waals surface area contributed by atoms with E-state index in [9.17, 15) is 4.79 Å². The first kappa shape index (κ1) is 17.3. The fourth-order valence-corrected chi connectivity index (χ4v) is 2.69. The molecule has 0 bridgehead atoms. The van der Waals surface area contributed by atoms with Gasteiger partial charge < -0.3 is 14.5 Å². The highest BCUT2D eigenvalue weighted by atomic mass is 35.5. The fourth-order valence-electron chi connectivity index (χ4n) is 2.49. The number of furan rings is 1. The molecule has 1 aromatic heterocycles. The molecule has 0 aliphatic heterocycles. The molecule has 0 unspecified atom stereocenters. The Morgan fingerprint density at radius 3 is 2.76 bits per heavy atom. The van der Waals surface area contributed by atoms with Gasteiger partial charge in [0.1, 0.15) is 17.4 Å². The van der Waals surface area contributed by atoms with Gasteiger partial charge in [-0.25, -0.2) is 0 Å². The van der Waals surface area contributed by atoms with E-state index in [1.807, 2.05) is 48.5 Å². The van der Waals surface area contributed by atoms with Crippen molar-refractivity contribution < 1.29 is 13.9 Å². The van der Waals surface area contributed by atoms with E-state index in [0.717, 1.165) is 16.5 Å². The van der Waals surface area contributed by atoms with Gasteiger partial charge in [-0.3, -0.25) is 4.79 Å². The number of ether oxygens (including phenoxy) is 1. The maximum atomic E-state index is 12.0. The summed E-state index contributed by atoms with van der Waals surface area (Å²) in [6.45, 7) is 0.308. The Morgan fingerprint density at radius 2 is 2.00 bits per heavy atom. The summed E-state index contributed by atoms with van der Waals surface area (Å²) in [5.41, 5.74) is 1.59. The van der Waals surface area contributed by atoms with Crippen molar-refractivity contribution in [3.8, 4) is 0 Å². The van der Waals surface area contributed by atoms with Gasteiger partial charge in [0, 0.05) is 23.6 Å². The number of nitrogens with one attached hydrogen (secondary N) is 1. The van der Waals surface area contributed by atoms with Crippen LogP contribution in [0.15, 0.2) is 65.1 Å². The Kier molecular flexibility index (Phi) is 5.53. The highest BCUT2D eigenvalue weighted by molar-refractivity contribution is 6.32. The van der Waals surface area contributed by atoms with E-state index in [4.69, 9.17) is 20.8 Å². The van der Waals surface area contributed by atoms with Crippen LogP contribution in [0.3, 0.4) is 0 Å². The van der Waals surface area contributed by atoms with Crippen molar-refractivity contribution in [3.63, 3.8) is 0 Å². The zero-order valence-corrected chi connectivity index (χ0v) is 14.5. The highest BCUT2D eigenvalue weighted by Gasteiger charge is 2.16. The maximum Gasteiger partial charge on any atom is 0.244 e. The zero-order valence-electron chi connectivity index (χ0n) is 13.7. The maximum absolute atomic E-state index is 12.0. The van der Waals surface area contributed by atoms with Crippen LogP contribution in [0.4, 0.5) is 0 Å². The molecule has 1 heterocycles. The van der Waals surface area contributed by atoms with Crippen molar-refractivity contribution in [2.75, 3.05) is 13.7 Å². The molecule has 2 aromatic carbocycles. The first-order valence-electron chi connectivity index (χ1n) is 7.89. The topological polar surface area (TPSA) is 51.5 Å². The number of amides is 1. The Balaban J connectivity index is 1.62. The molecule has 3 rings (SSSR count). The quantitative estimate of drug-likeness (QED) is 0.657. The van der Waals surface area contributed by atoms with Gasteiger partial charge in [-0.05, 0) is 29.8 Å². The van der Waals surface area contributed by atoms with Gasteiger partial charge in [0.25, 0.3) is 0 Å². The van der Waals surface area contributed by atoms with Crippen LogP contribution < -0.4 is 5.32 Å². The minimum absolute atomic E-state index is 0.224. The van der Waals surface area contributed by atoms with Crippen molar-refractivity contribution in [3.05, 3.63) is 77.0 Å². The molecule has 1 N–H and O–H groups in total. The lowest BCUT2D eigenvalue weighted by atomic mass is 10.2. The van der Waals surface area contributed by atoms with E-state index < -0.39 is 0 Å². The van der Waals surface area contributed by atoms with Crippen molar-refractivity contribution >= 4 is 34.6 Å². The van der Waals surface area contributed by atoms with E-state index >= 15 is 0 Å². The SMILES string of the molecule is CO[C@H](CNC(=O)/C=C/c1ccccc1Cl)c1cc2ccccc2o1. The van der Waals surface area contributed by atoms with Gasteiger partial charge in [0.15, 0.2) is 0 Å². The van der Waals surface area contributed by atoms with Gasteiger partial charge in [-0.15, -0.1) is 0 Å².